The highest BCUT2D eigenvalue weighted by atomic mass is 16.5. The fraction of sp³-hybridized carbons (Fsp3) is 0.579. The minimum atomic E-state index is -0.370. The largest absolute Gasteiger partial charge is 0.380 e. The Morgan fingerprint density at radius 1 is 1.19 bits per heavy atom. The molecule has 3 amide bonds. The van der Waals surface area contributed by atoms with E-state index in [1.165, 1.54) is 4.90 Å². The van der Waals surface area contributed by atoms with E-state index in [0.717, 1.165) is 25.2 Å². The molecule has 3 heterocycles. The predicted molar refractivity (Wildman–Crippen MR) is 101 cm³/mol. The molecule has 1 aromatic carbocycles. The van der Waals surface area contributed by atoms with Crippen LogP contribution in [0.25, 0.3) is 0 Å². The predicted octanol–water partition coefficient (Wildman–Crippen LogP) is 0.711. The number of fused-ring (bicyclic) bond motifs is 3. The Balaban J connectivity index is 1.58. The lowest BCUT2D eigenvalue weighted by Gasteiger charge is -2.43. The van der Waals surface area contributed by atoms with E-state index in [1.807, 2.05) is 25.1 Å². The van der Waals surface area contributed by atoms with Crippen LogP contribution in [0.4, 0.5) is 10.5 Å². The second kappa shape index (κ2) is 7.46. The molecule has 0 saturated carbocycles. The van der Waals surface area contributed by atoms with Gasteiger partial charge in [-0.2, -0.15) is 0 Å². The highest BCUT2D eigenvalue weighted by Crippen LogP contribution is 2.32. The van der Waals surface area contributed by atoms with Crippen molar-refractivity contribution in [1.29, 1.82) is 0 Å². The van der Waals surface area contributed by atoms with Crippen LogP contribution in [0.5, 0.6) is 0 Å². The molecule has 1 aromatic rings. The van der Waals surface area contributed by atoms with Crippen LogP contribution in [0.1, 0.15) is 13.3 Å². The Kier molecular flexibility index (Phi) is 5.03. The Morgan fingerprint density at radius 3 is 2.70 bits per heavy atom. The SMILES string of the molecule is CCOCCN1C(=O)C2C(NC3N(c4ccccc4)CCCN23)N(C)C1=O. The van der Waals surface area contributed by atoms with E-state index in [1.54, 1.807) is 11.9 Å². The number of anilines is 1. The number of urea groups is 1. The third-order valence-corrected chi connectivity index (χ3v) is 5.62. The topological polar surface area (TPSA) is 68.4 Å². The quantitative estimate of drug-likeness (QED) is 0.767. The molecule has 0 aromatic heterocycles. The molecular formula is C19H27N5O3. The molecule has 8 nitrogen and oxygen atoms in total. The zero-order valence-corrected chi connectivity index (χ0v) is 15.9. The van der Waals surface area contributed by atoms with Crippen LogP contribution >= 0.6 is 0 Å². The first-order chi connectivity index (χ1) is 13.1. The number of hydrogen-bond donors (Lipinski definition) is 1. The van der Waals surface area contributed by atoms with Gasteiger partial charge in [0, 0.05) is 32.4 Å². The number of nitrogens with one attached hydrogen (secondary N) is 1. The lowest BCUT2D eigenvalue weighted by molar-refractivity contribution is -0.139. The molecule has 3 atom stereocenters. The van der Waals surface area contributed by atoms with Crippen molar-refractivity contribution >= 4 is 17.6 Å². The summed E-state index contributed by atoms with van der Waals surface area (Å²) in [6.07, 6.45) is 0.560. The smallest absolute Gasteiger partial charge is 0.327 e. The van der Waals surface area contributed by atoms with Crippen molar-refractivity contribution < 1.29 is 14.3 Å². The summed E-state index contributed by atoms with van der Waals surface area (Å²) in [5, 5.41) is 3.52. The Labute approximate surface area is 159 Å². The summed E-state index contributed by atoms with van der Waals surface area (Å²) in [7, 11) is 1.76. The summed E-state index contributed by atoms with van der Waals surface area (Å²) in [5.74, 6) is -0.132. The first-order valence-electron chi connectivity index (χ1n) is 9.63. The summed E-state index contributed by atoms with van der Waals surface area (Å²) in [6, 6.07) is 9.57. The molecule has 3 aliphatic heterocycles. The molecule has 146 valence electrons. The number of carbonyl (C=O) groups is 2. The van der Waals surface area contributed by atoms with Crippen LogP contribution in [-0.2, 0) is 9.53 Å². The number of carbonyl (C=O) groups excluding carboxylic acids is 2. The highest BCUT2D eigenvalue weighted by molar-refractivity contribution is 6.00. The first kappa shape index (κ1) is 18.2. The van der Waals surface area contributed by atoms with E-state index in [9.17, 15) is 9.59 Å². The monoisotopic (exact) mass is 373 g/mol. The molecule has 8 heteroatoms. The van der Waals surface area contributed by atoms with Gasteiger partial charge in [0.1, 0.15) is 18.5 Å². The molecule has 3 unspecified atom stereocenters. The Morgan fingerprint density at radius 2 is 1.96 bits per heavy atom. The molecule has 0 radical (unpaired) electrons. The number of likely N-dealkylation sites (N-methyl/N-ethyl adjacent to an activating group) is 1. The maximum Gasteiger partial charge on any atom is 0.327 e. The number of hydrogen-bond acceptors (Lipinski definition) is 6. The minimum Gasteiger partial charge on any atom is -0.380 e. The highest BCUT2D eigenvalue weighted by Gasteiger charge is 2.55. The van der Waals surface area contributed by atoms with Gasteiger partial charge in [0.15, 0.2) is 0 Å². The van der Waals surface area contributed by atoms with Gasteiger partial charge in [-0.05, 0) is 25.5 Å². The van der Waals surface area contributed by atoms with Crippen molar-refractivity contribution in [3.05, 3.63) is 30.3 Å². The summed E-state index contributed by atoms with van der Waals surface area (Å²) in [5.41, 5.74) is 1.12. The van der Waals surface area contributed by atoms with Crippen LogP contribution in [0.2, 0.25) is 0 Å². The summed E-state index contributed by atoms with van der Waals surface area (Å²) < 4.78 is 5.36. The molecule has 0 spiro atoms. The van der Waals surface area contributed by atoms with E-state index >= 15 is 0 Å². The lowest BCUT2D eigenvalue weighted by Crippen LogP contribution is -2.66. The summed E-state index contributed by atoms with van der Waals surface area (Å²) >= 11 is 0. The van der Waals surface area contributed by atoms with Gasteiger partial charge in [0.25, 0.3) is 5.91 Å². The van der Waals surface area contributed by atoms with E-state index in [2.05, 4.69) is 27.2 Å². The second-order valence-electron chi connectivity index (χ2n) is 7.13. The number of amides is 3. The fourth-order valence-corrected chi connectivity index (χ4v) is 4.31. The molecule has 1 N–H and O–H groups in total. The normalized spacial score (nSPS) is 28.5. The third-order valence-electron chi connectivity index (χ3n) is 5.62. The maximum atomic E-state index is 13.2. The fourth-order valence-electron chi connectivity index (χ4n) is 4.31. The van der Waals surface area contributed by atoms with E-state index in [4.69, 9.17) is 4.74 Å². The third kappa shape index (κ3) is 3.07. The molecule has 3 saturated heterocycles. The number of ether oxygens (including phenoxy) is 1. The number of nitrogens with zero attached hydrogens (tertiary/aromatic N) is 4. The van der Waals surface area contributed by atoms with Gasteiger partial charge >= 0.3 is 6.03 Å². The average Bonchev–Trinajstić information content (AvgIpc) is 3.09. The molecule has 0 bridgehead atoms. The number of rotatable bonds is 5. The van der Waals surface area contributed by atoms with E-state index in [0.29, 0.717) is 19.8 Å². The molecule has 3 aliphatic rings. The van der Waals surface area contributed by atoms with Gasteiger partial charge in [-0.3, -0.25) is 19.9 Å². The Bertz CT molecular complexity index is 700. The van der Waals surface area contributed by atoms with Crippen LogP contribution < -0.4 is 10.2 Å². The van der Waals surface area contributed by atoms with Crippen molar-refractivity contribution in [3.8, 4) is 0 Å². The van der Waals surface area contributed by atoms with Crippen molar-refractivity contribution in [2.45, 2.75) is 31.8 Å². The first-order valence-corrected chi connectivity index (χ1v) is 9.63. The van der Waals surface area contributed by atoms with Gasteiger partial charge < -0.3 is 14.5 Å². The van der Waals surface area contributed by atoms with E-state index in [-0.39, 0.29) is 30.4 Å². The van der Waals surface area contributed by atoms with Crippen molar-refractivity contribution in [3.63, 3.8) is 0 Å². The number of benzene rings is 1. The maximum absolute atomic E-state index is 13.2. The Hall–Kier alpha value is -2.16. The van der Waals surface area contributed by atoms with Crippen LogP contribution in [0.15, 0.2) is 30.3 Å². The van der Waals surface area contributed by atoms with Crippen molar-refractivity contribution in [2.24, 2.45) is 0 Å². The second-order valence-corrected chi connectivity index (χ2v) is 7.13. The van der Waals surface area contributed by atoms with Crippen molar-refractivity contribution in [2.75, 3.05) is 44.8 Å². The van der Waals surface area contributed by atoms with Gasteiger partial charge in [0.05, 0.1) is 13.2 Å². The molecule has 27 heavy (non-hydrogen) atoms. The minimum absolute atomic E-state index is 0.0952. The lowest BCUT2D eigenvalue weighted by atomic mass is 10.1. The van der Waals surface area contributed by atoms with Crippen LogP contribution in [-0.4, -0.2) is 85.0 Å². The van der Waals surface area contributed by atoms with Gasteiger partial charge in [-0.15, -0.1) is 0 Å². The van der Waals surface area contributed by atoms with Gasteiger partial charge in [-0.25, -0.2) is 4.79 Å². The molecule has 3 fully saturated rings. The standard InChI is InChI=1S/C19H27N5O3/c1-3-27-13-12-24-17(25)15-16(21(2)19(24)26)20-18-22(10-7-11-23(15)18)14-8-5-4-6-9-14/h4-6,8-9,15-16,18,20H,3,7,10-13H2,1-2H3. The molecule has 4 rings (SSSR count). The summed E-state index contributed by atoms with van der Waals surface area (Å²) in [6.45, 7) is 4.87. The molecular weight excluding hydrogens is 346 g/mol. The zero-order chi connectivity index (χ0) is 19.0. The van der Waals surface area contributed by atoms with E-state index < -0.39 is 0 Å². The zero-order valence-electron chi connectivity index (χ0n) is 15.9. The average molecular weight is 373 g/mol. The number of para-hydroxylation sites is 1. The van der Waals surface area contributed by atoms with Crippen LogP contribution in [0, 0.1) is 0 Å². The number of imide groups is 1. The van der Waals surface area contributed by atoms with Gasteiger partial charge in [0.2, 0.25) is 0 Å². The van der Waals surface area contributed by atoms with Crippen molar-refractivity contribution in [1.82, 2.24) is 20.0 Å². The summed E-state index contributed by atoms with van der Waals surface area (Å²) in [4.78, 5) is 33.4. The van der Waals surface area contributed by atoms with Crippen LogP contribution in [0.3, 0.4) is 0 Å². The van der Waals surface area contributed by atoms with Gasteiger partial charge in [-0.1, -0.05) is 18.2 Å². The molecule has 0 aliphatic carbocycles.